The smallest absolute Gasteiger partial charge is 0.401 e. The van der Waals surface area contributed by atoms with Gasteiger partial charge in [-0.2, -0.15) is 13.2 Å². The van der Waals surface area contributed by atoms with Crippen LogP contribution in [0.3, 0.4) is 0 Å². The molecule has 4 fully saturated rings. The Kier molecular flexibility index (Phi) is 5.76. The van der Waals surface area contributed by atoms with Crippen molar-refractivity contribution in [1.82, 2.24) is 0 Å². The zero-order valence-electron chi connectivity index (χ0n) is 16.9. The van der Waals surface area contributed by atoms with Crippen LogP contribution < -0.4 is 0 Å². The van der Waals surface area contributed by atoms with E-state index in [0.29, 0.717) is 13.0 Å². The molecule has 2 atom stereocenters. The summed E-state index contributed by atoms with van der Waals surface area (Å²) in [5, 5.41) is 0. The summed E-state index contributed by atoms with van der Waals surface area (Å²) >= 11 is 0. The van der Waals surface area contributed by atoms with Gasteiger partial charge in [0.05, 0.1) is 12.0 Å². The van der Waals surface area contributed by atoms with Gasteiger partial charge in [0.1, 0.15) is 12.5 Å². The van der Waals surface area contributed by atoms with Gasteiger partial charge in [0.25, 0.3) is 0 Å². The van der Waals surface area contributed by atoms with E-state index in [-0.39, 0.29) is 5.41 Å². The largest absolute Gasteiger partial charge is 0.465 e. The van der Waals surface area contributed by atoms with Gasteiger partial charge >= 0.3 is 18.1 Å². The predicted molar refractivity (Wildman–Crippen MR) is 96.1 cm³/mol. The molecule has 0 aliphatic heterocycles. The molecule has 0 heterocycles. The number of hydrogen-bond donors (Lipinski definition) is 0. The van der Waals surface area contributed by atoms with E-state index in [0.717, 1.165) is 43.9 Å². The first-order valence-electron chi connectivity index (χ1n) is 10.4. The summed E-state index contributed by atoms with van der Waals surface area (Å²) in [5.41, 5.74) is -1.07. The van der Waals surface area contributed by atoms with Gasteiger partial charge in [-0.15, -0.1) is 0 Å². The zero-order chi connectivity index (χ0) is 20.7. The van der Waals surface area contributed by atoms with Gasteiger partial charge in [-0.1, -0.05) is 6.92 Å². The molecule has 4 nitrogen and oxygen atoms in total. The minimum Gasteiger partial charge on any atom is -0.465 e. The van der Waals surface area contributed by atoms with Crippen molar-refractivity contribution in [2.75, 3.05) is 13.2 Å². The minimum atomic E-state index is -4.65. The van der Waals surface area contributed by atoms with Crippen LogP contribution in [0, 0.1) is 34.5 Å². The monoisotopic (exact) mass is 404 g/mol. The average Bonchev–Trinajstić information content (AvgIpc) is 2.61. The summed E-state index contributed by atoms with van der Waals surface area (Å²) < 4.78 is 48.5. The molecule has 7 heteroatoms. The van der Waals surface area contributed by atoms with E-state index in [1.807, 2.05) is 0 Å². The Labute approximate surface area is 164 Å². The van der Waals surface area contributed by atoms with E-state index in [2.05, 4.69) is 0 Å². The van der Waals surface area contributed by atoms with Gasteiger partial charge in [-0.05, 0) is 76.5 Å². The lowest BCUT2D eigenvalue weighted by atomic mass is 9.50. The van der Waals surface area contributed by atoms with Crippen LogP contribution in [0.25, 0.3) is 0 Å². The molecule has 4 rings (SSSR count). The molecule has 0 radical (unpaired) electrons. The Morgan fingerprint density at radius 2 is 1.54 bits per heavy atom. The maximum Gasteiger partial charge on any atom is 0.401 e. The van der Waals surface area contributed by atoms with Crippen molar-refractivity contribution in [3.8, 4) is 0 Å². The first kappa shape index (κ1) is 21.4. The van der Waals surface area contributed by atoms with Crippen LogP contribution in [-0.4, -0.2) is 31.3 Å². The van der Waals surface area contributed by atoms with Crippen LogP contribution in [0.1, 0.15) is 65.7 Å². The second kappa shape index (κ2) is 7.52. The van der Waals surface area contributed by atoms with Crippen LogP contribution in [-0.2, 0) is 19.1 Å². The summed E-state index contributed by atoms with van der Waals surface area (Å²) in [4.78, 5) is 24.4. The number of carbonyl (C=O) groups excluding carboxylic acids is 2. The van der Waals surface area contributed by atoms with E-state index >= 15 is 0 Å². The topological polar surface area (TPSA) is 52.6 Å². The van der Waals surface area contributed by atoms with Crippen molar-refractivity contribution in [1.29, 1.82) is 0 Å². The fourth-order valence-corrected chi connectivity index (χ4v) is 5.65. The normalized spacial score (nSPS) is 34.6. The van der Waals surface area contributed by atoms with Crippen molar-refractivity contribution < 1.29 is 32.2 Å². The Bertz CT molecular complexity index is 580. The zero-order valence-corrected chi connectivity index (χ0v) is 16.9. The highest BCUT2D eigenvalue weighted by atomic mass is 19.4. The summed E-state index contributed by atoms with van der Waals surface area (Å²) in [6.07, 6.45) is 2.88. The van der Waals surface area contributed by atoms with E-state index in [4.69, 9.17) is 9.47 Å². The van der Waals surface area contributed by atoms with E-state index in [1.54, 1.807) is 13.8 Å². The Balaban J connectivity index is 1.55. The number of hydrogen-bond acceptors (Lipinski definition) is 4. The summed E-state index contributed by atoms with van der Waals surface area (Å²) in [6, 6.07) is 0. The van der Waals surface area contributed by atoms with Crippen LogP contribution >= 0.6 is 0 Å². The first-order valence-corrected chi connectivity index (χ1v) is 10.4. The van der Waals surface area contributed by atoms with Crippen molar-refractivity contribution in [3.05, 3.63) is 0 Å². The van der Waals surface area contributed by atoms with Gasteiger partial charge in [0.15, 0.2) is 0 Å². The van der Waals surface area contributed by atoms with Crippen molar-refractivity contribution in [2.45, 2.75) is 71.9 Å². The third-order valence-corrected chi connectivity index (χ3v) is 7.33. The van der Waals surface area contributed by atoms with Gasteiger partial charge < -0.3 is 9.47 Å². The van der Waals surface area contributed by atoms with Gasteiger partial charge in [0, 0.05) is 5.41 Å². The maximum atomic E-state index is 12.7. The second-order valence-electron chi connectivity index (χ2n) is 9.78. The van der Waals surface area contributed by atoms with Gasteiger partial charge in [-0.3, -0.25) is 9.59 Å². The molecule has 0 N–H and O–H groups in total. The maximum absolute atomic E-state index is 12.7. The number of halogens is 3. The molecule has 0 aromatic rings. The van der Waals surface area contributed by atoms with Gasteiger partial charge in [-0.25, -0.2) is 0 Å². The molecule has 0 amide bonds. The molecule has 4 aliphatic carbocycles. The van der Waals surface area contributed by atoms with Gasteiger partial charge in [0.2, 0.25) is 0 Å². The standard InChI is InChI=1S/C21H31F3O4/c1-4-19(3,11-27-17(25)13(2)21(22,23)24)18(26)28-12-20-8-14-5-15(9-20)7-16(6-14)10-20/h13-16H,4-12H2,1-3H3. The first-order chi connectivity index (χ1) is 13.0. The molecule has 4 bridgehead atoms. The number of ether oxygens (including phenoxy) is 2. The number of alkyl halides is 3. The SMILES string of the molecule is CCC(C)(COC(=O)C(C)C(F)(F)F)C(=O)OCC12CC3CC(CC(C3)C1)C2. The molecule has 0 saturated heterocycles. The molecular weight excluding hydrogens is 373 g/mol. The Hall–Kier alpha value is -1.27. The number of rotatable bonds is 7. The third kappa shape index (κ3) is 4.33. The lowest BCUT2D eigenvalue weighted by Gasteiger charge is -2.56. The molecule has 4 saturated carbocycles. The second-order valence-corrected chi connectivity index (χ2v) is 9.78. The molecule has 0 aromatic carbocycles. The molecule has 0 aromatic heterocycles. The highest BCUT2D eigenvalue weighted by Gasteiger charge is 2.52. The predicted octanol–water partition coefficient (Wildman–Crippen LogP) is 4.90. The van der Waals surface area contributed by atoms with Crippen LogP contribution in [0.2, 0.25) is 0 Å². The van der Waals surface area contributed by atoms with Crippen LogP contribution in [0.4, 0.5) is 13.2 Å². The van der Waals surface area contributed by atoms with Crippen LogP contribution in [0.15, 0.2) is 0 Å². The summed E-state index contributed by atoms with van der Waals surface area (Å²) in [7, 11) is 0. The Morgan fingerprint density at radius 1 is 1.04 bits per heavy atom. The van der Waals surface area contributed by atoms with Crippen molar-refractivity contribution >= 4 is 11.9 Å². The van der Waals surface area contributed by atoms with Crippen molar-refractivity contribution in [2.24, 2.45) is 34.5 Å². The molecule has 2 unspecified atom stereocenters. The molecule has 160 valence electrons. The highest BCUT2D eigenvalue weighted by molar-refractivity contribution is 5.78. The average molecular weight is 404 g/mol. The molecule has 28 heavy (non-hydrogen) atoms. The van der Waals surface area contributed by atoms with Crippen molar-refractivity contribution in [3.63, 3.8) is 0 Å². The number of esters is 2. The molecular formula is C21H31F3O4. The van der Waals surface area contributed by atoms with E-state index < -0.39 is 36.1 Å². The molecule has 0 spiro atoms. The highest BCUT2D eigenvalue weighted by Crippen LogP contribution is 2.60. The van der Waals surface area contributed by atoms with Crippen LogP contribution in [0.5, 0.6) is 0 Å². The number of carbonyl (C=O) groups is 2. The Morgan fingerprint density at radius 3 is 1.96 bits per heavy atom. The lowest BCUT2D eigenvalue weighted by molar-refractivity contribution is -0.197. The molecule has 4 aliphatic rings. The summed E-state index contributed by atoms with van der Waals surface area (Å²) in [5.74, 6) is -1.83. The summed E-state index contributed by atoms with van der Waals surface area (Å²) in [6.45, 7) is 4.06. The van der Waals surface area contributed by atoms with E-state index in [9.17, 15) is 22.8 Å². The minimum absolute atomic E-state index is 0.0700. The fourth-order valence-electron chi connectivity index (χ4n) is 5.65. The lowest BCUT2D eigenvalue weighted by Crippen LogP contribution is -2.49. The quantitative estimate of drug-likeness (QED) is 0.566. The van der Waals surface area contributed by atoms with E-state index in [1.165, 1.54) is 19.3 Å². The third-order valence-electron chi connectivity index (χ3n) is 7.33. The fraction of sp³-hybridized carbons (Fsp3) is 0.905.